The van der Waals surface area contributed by atoms with Crippen LogP contribution in [0.25, 0.3) is 27.5 Å². The van der Waals surface area contributed by atoms with Gasteiger partial charge < -0.3 is 14.9 Å². The van der Waals surface area contributed by atoms with Crippen LogP contribution in [0.1, 0.15) is 63.3 Å². The monoisotopic (exact) mass is 508 g/mol. The highest BCUT2D eigenvalue weighted by Gasteiger charge is 2.25. The molecule has 0 amide bonds. The van der Waals surface area contributed by atoms with Crippen molar-refractivity contribution in [3.05, 3.63) is 64.6 Å². The van der Waals surface area contributed by atoms with Crippen LogP contribution in [0, 0.1) is 19.7 Å². The molecule has 3 heterocycles. The van der Waals surface area contributed by atoms with E-state index < -0.39 is 17.4 Å². The fourth-order valence-electron chi connectivity index (χ4n) is 4.58. The first-order valence-corrected chi connectivity index (χ1v) is 12.7. The third-order valence-corrected chi connectivity index (χ3v) is 5.97. The fourth-order valence-corrected chi connectivity index (χ4v) is 4.58. The van der Waals surface area contributed by atoms with Gasteiger partial charge in [0.2, 0.25) is 0 Å². The summed E-state index contributed by atoms with van der Waals surface area (Å²) >= 11 is 0. The van der Waals surface area contributed by atoms with Gasteiger partial charge in [-0.3, -0.25) is 4.79 Å². The van der Waals surface area contributed by atoms with Gasteiger partial charge in [-0.25, -0.2) is 8.91 Å². The Balaban J connectivity index is 0.000000489. The molecule has 0 saturated carbocycles. The predicted octanol–water partition coefficient (Wildman–Crippen LogP) is 6.67. The van der Waals surface area contributed by atoms with Gasteiger partial charge >= 0.3 is 5.97 Å². The molecule has 5 rings (SSSR count). The van der Waals surface area contributed by atoms with E-state index in [9.17, 15) is 9.90 Å². The normalized spacial score (nSPS) is 12.7. The van der Waals surface area contributed by atoms with Crippen molar-refractivity contribution in [2.45, 2.75) is 73.3 Å². The number of carbonyl (C=O) groups is 1. The number of aromatic nitrogens is 2. The molecule has 198 valence electrons. The quantitative estimate of drug-likeness (QED) is 0.323. The van der Waals surface area contributed by atoms with Gasteiger partial charge in [-0.15, -0.1) is 0 Å². The molecule has 6 nitrogen and oxygen atoms in total. The van der Waals surface area contributed by atoms with Gasteiger partial charge in [0.1, 0.15) is 0 Å². The number of aryl methyl sites for hydroxylation is 1. The van der Waals surface area contributed by atoms with Crippen molar-refractivity contribution in [3.63, 3.8) is 0 Å². The van der Waals surface area contributed by atoms with Crippen LogP contribution in [0.5, 0.6) is 5.75 Å². The summed E-state index contributed by atoms with van der Waals surface area (Å²) in [6.45, 7) is 13.6. The largest absolute Gasteiger partial charge is 0.490 e. The number of carboxylic acid groups (broad SMARTS) is 1. The van der Waals surface area contributed by atoms with E-state index in [-0.39, 0.29) is 6.42 Å². The van der Waals surface area contributed by atoms with Crippen LogP contribution >= 0.6 is 0 Å². The first kappa shape index (κ1) is 28.1. The summed E-state index contributed by atoms with van der Waals surface area (Å²) in [5, 5.41) is 23.7. The maximum absolute atomic E-state index is 15.1. The predicted molar refractivity (Wildman–Crippen MR) is 146 cm³/mol. The maximum Gasteiger partial charge on any atom is 0.307 e. The molecule has 4 aromatic rings. The molecule has 37 heavy (non-hydrogen) atoms. The van der Waals surface area contributed by atoms with Gasteiger partial charge in [-0.05, 0) is 81.8 Å². The highest BCUT2D eigenvalue weighted by Crippen LogP contribution is 2.42. The van der Waals surface area contributed by atoms with Gasteiger partial charge in [-0.2, -0.15) is 5.10 Å². The molecule has 0 radical (unpaired) electrons. The van der Waals surface area contributed by atoms with Crippen molar-refractivity contribution in [2.75, 3.05) is 6.61 Å². The topological polar surface area (TPSA) is 84.1 Å². The minimum absolute atomic E-state index is 0.147. The van der Waals surface area contributed by atoms with Crippen LogP contribution < -0.4 is 4.74 Å². The number of halogens is 1. The number of rotatable bonds is 3. The number of hydrogen-bond donors (Lipinski definition) is 2. The summed E-state index contributed by atoms with van der Waals surface area (Å²) in [6, 6.07) is 9.22. The van der Waals surface area contributed by atoms with Gasteiger partial charge in [0, 0.05) is 22.7 Å². The van der Waals surface area contributed by atoms with Gasteiger partial charge in [0.05, 0.1) is 29.7 Å². The zero-order valence-corrected chi connectivity index (χ0v) is 22.8. The second kappa shape index (κ2) is 11.3. The molecule has 1 aliphatic heterocycles. The number of carboxylic acids is 1. The Morgan fingerprint density at radius 2 is 1.84 bits per heavy atom. The molecule has 0 fully saturated rings. The van der Waals surface area contributed by atoms with Crippen molar-refractivity contribution in [1.82, 2.24) is 9.61 Å². The first-order valence-electron chi connectivity index (χ1n) is 12.7. The number of nitrogens with zero attached hydrogens (tertiary/aromatic N) is 2. The van der Waals surface area contributed by atoms with Crippen molar-refractivity contribution in [2.24, 2.45) is 0 Å². The third-order valence-electron chi connectivity index (χ3n) is 5.97. The maximum atomic E-state index is 15.1. The summed E-state index contributed by atoms with van der Waals surface area (Å²) in [5.74, 6) is -1.01. The van der Waals surface area contributed by atoms with E-state index in [1.807, 2.05) is 58.2 Å². The Labute approximate surface area is 217 Å². The molecule has 0 bridgehead atoms. The van der Waals surface area contributed by atoms with E-state index in [1.165, 1.54) is 6.07 Å². The van der Waals surface area contributed by atoms with E-state index in [0.717, 1.165) is 51.5 Å². The lowest BCUT2D eigenvalue weighted by molar-refractivity contribution is -0.136. The number of aliphatic carboxylic acids is 1. The molecule has 0 unspecified atom stereocenters. The Bertz CT molecular complexity index is 1430. The molecule has 2 aromatic heterocycles. The molecular weight excluding hydrogens is 471 g/mol. The standard InChI is InChI=1S/C24H21FN2O3.C4H10O.C2H6/c1-13-12-27-23(16-6-3-4-8-20(16)26-27)22(17(13)11-21(28)29)18-10-19(25)24-15(14(18)2)7-5-9-30-24;1-4(2,3)5;1-2/h3-4,6,8,10,12H,5,7,9,11H2,1-2H3,(H,28,29);5H,1-3H3;1-2H3. The minimum atomic E-state index is -0.924. The molecule has 0 spiro atoms. The molecule has 7 heteroatoms. The van der Waals surface area contributed by atoms with Crippen molar-refractivity contribution in [1.29, 1.82) is 0 Å². The van der Waals surface area contributed by atoms with Crippen LogP contribution in [-0.2, 0) is 17.6 Å². The lowest BCUT2D eigenvalue weighted by atomic mass is 9.87. The Morgan fingerprint density at radius 1 is 1.19 bits per heavy atom. The average Bonchev–Trinajstić information content (AvgIpc) is 3.20. The lowest BCUT2D eigenvalue weighted by Gasteiger charge is -2.23. The summed E-state index contributed by atoms with van der Waals surface area (Å²) in [4.78, 5) is 11.7. The molecule has 2 aromatic carbocycles. The number of ether oxygens (including phenoxy) is 1. The number of benzene rings is 2. The zero-order chi connectivity index (χ0) is 27.5. The summed E-state index contributed by atoms with van der Waals surface area (Å²) in [7, 11) is 0. The summed E-state index contributed by atoms with van der Waals surface area (Å²) in [5.41, 5.74) is 5.82. The summed E-state index contributed by atoms with van der Waals surface area (Å²) in [6.07, 6.45) is 3.27. The van der Waals surface area contributed by atoms with Crippen LogP contribution in [0.2, 0.25) is 0 Å². The molecular formula is C30H37FN2O4. The van der Waals surface area contributed by atoms with Crippen molar-refractivity contribution in [3.8, 4) is 16.9 Å². The van der Waals surface area contributed by atoms with E-state index in [2.05, 4.69) is 5.10 Å². The molecule has 0 aliphatic carbocycles. The minimum Gasteiger partial charge on any atom is -0.490 e. The Hall–Kier alpha value is -3.45. The van der Waals surface area contributed by atoms with Crippen molar-refractivity contribution >= 4 is 22.4 Å². The molecule has 2 N–H and O–H groups in total. The SMILES string of the molecule is CC.CC(C)(C)O.Cc1cn2nc3ccccc3c2c(-c2cc(F)c3c(c2C)CCCO3)c1CC(=O)O. The van der Waals surface area contributed by atoms with E-state index in [4.69, 9.17) is 9.84 Å². The van der Waals surface area contributed by atoms with Crippen LogP contribution in [0.4, 0.5) is 4.39 Å². The molecule has 0 atom stereocenters. The Kier molecular flexibility index (Phi) is 8.59. The molecule has 1 aliphatic rings. The van der Waals surface area contributed by atoms with Gasteiger partial charge in [0.15, 0.2) is 11.6 Å². The number of fused-ring (bicyclic) bond motifs is 4. The van der Waals surface area contributed by atoms with Crippen molar-refractivity contribution < 1.29 is 24.1 Å². The second-order valence-corrected chi connectivity index (χ2v) is 10.0. The first-order chi connectivity index (χ1) is 17.5. The third kappa shape index (κ3) is 6.10. The van der Waals surface area contributed by atoms with Gasteiger partial charge in [0.25, 0.3) is 0 Å². The van der Waals surface area contributed by atoms with Crippen LogP contribution in [-0.4, -0.2) is 38.0 Å². The van der Waals surface area contributed by atoms with Crippen LogP contribution in [0.3, 0.4) is 0 Å². The highest BCUT2D eigenvalue weighted by molar-refractivity contribution is 6.04. The zero-order valence-electron chi connectivity index (χ0n) is 22.8. The highest BCUT2D eigenvalue weighted by atomic mass is 19.1. The molecule has 0 saturated heterocycles. The fraction of sp³-hybridized carbons (Fsp3) is 0.400. The number of aliphatic hydroxyl groups is 1. The van der Waals surface area contributed by atoms with E-state index in [1.54, 1.807) is 25.3 Å². The lowest BCUT2D eigenvalue weighted by Crippen LogP contribution is -2.13. The smallest absolute Gasteiger partial charge is 0.307 e. The van der Waals surface area contributed by atoms with E-state index in [0.29, 0.717) is 23.5 Å². The van der Waals surface area contributed by atoms with E-state index >= 15 is 4.39 Å². The number of hydrogen-bond acceptors (Lipinski definition) is 4. The second-order valence-electron chi connectivity index (χ2n) is 10.0. The van der Waals surface area contributed by atoms with Crippen LogP contribution in [0.15, 0.2) is 36.5 Å². The Morgan fingerprint density at radius 3 is 2.49 bits per heavy atom. The average molecular weight is 509 g/mol. The van der Waals surface area contributed by atoms with Gasteiger partial charge in [-0.1, -0.05) is 32.0 Å². The number of pyridine rings is 1. The summed E-state index contributed by atoms with van der Waals surface area (Å²) < 4.78 is 22.5.